The van der Waals surface area contributed by atoms with Crippen molar-refractivity contribution in [3.63, 3.8) is 0 Å². The van der Waals surface area contributed by atoms with Gasteiger partial charge in [-0.3, -0.25) is 0 Å². The zero-order valence-electron chi connectivity index (χ0n) is 9.34. The van der Waals surface area contributed by atoms with Gasteiger partial charge in [0.05, 0.1) is 12.5 Å². The van der Waals surface area contributed by atoms with Crippen molar-refractivity contribution >= 4 is 0 Å². The van der Waals surface area contributed by atoms with Crippen molar-refractivity contribution in [2.75, 3.05) is 0 Å². The minimum Gasteiger partial charge on any atom is -0.471 e. The zero-order valence-corrected chi connectivity index (χ0v) is 9.34. The van der Waals surface area contributed by atoms with Crippen LogP contribution in [0.3, 0.4) is 0 Å². The normalized spacial score (nSPS) is 10.4. The molecule has 1 aromatic heterocycles. The van der Waals surface area contributed by atoms with Gasteiger partial charge in [-0.1, -0.05) is 60.7 Å². The van der Waals surface area contributed by atoms with Gasteiger partial charge in [-0.2, -0.15) is 0 Å². The van der Waals surface area contributed by atoms with Crippen LogP contribution >= 0.6 is 0 Å². The van der Waals surface area contributed by atoms with E-state index in [-0.39, 0.29) is 0 Å². The van der Waals surface area contributed by atoms with Crippen molar-refractivity contribution in [2.45, 2.75) is 0 Å². The molecule has 0 aliphatic carbocycles. The Bertz CT molecular complexity index is 540. The van der Waals surface area contributed by atoms with Crippen molar-refractivity contribution < 1.29 is 4.42 Å². The summed E-state index contributed by atoms with van der Waals surface area (Å²) >= 11 is 0. The first-order valence-corrected chi connectivity index (χ1v) is 5.62. The van der Waals surface area contributed by atoms with E-state index in [1.807, 2.05) is 36.4 Å². The van der Waals surface area contributed by atoms with Gasteiger partial charge in [0.25, 0.3) is 0 Å². The molecule has 0 atom stereocenters. The Hall–Kier alpha value is -2.28. The summed E-state index contributed by atoms with van der Waals surface area (Å²) in [6.45, 7) is 0. The van der Waals surface area contributed by atoms with Gasteiger partial charge in [0.1, 0.15) is 0 Å². The number of hydrogen-bond donors (Lipinski definition) is 0. The predicted octanol–water partition coefficient (Wildman–Crippen LogP) is 4.61. The van der Waals surface area contributed by atoms with Crippen LogP contribution in [0.5, 0.6) is 0 Å². The first-order valence-electron chi connectivity index (χ1n) is 5.62. The first-order chi connectivity index (χ1) is 8.45. The van der Waals surface area contributed by atoms with Crippen molar-refractivity contribution in [1.29, 1.82) is 0 Å². The smallest absolute Gasteiger partial charge is 0.0987 e. The molecule has 0 amide bonds. The number of benzene rings is 2. The molecule has 1 nitrogen and oxygen atoms in total. The lowest BCUT2D eigenvalue weighted by Gasteiger charge is -2.02. The molecule has 0 saturated carbocycles. The summed E-state index contributed by atoms with van der Waals surface area (Å²) in [7, 11) is 0. The first kappa shape index (κ1) is 9.91. The Labute approximate surface area is 100 Å². The zero-order chi connectivity index (χ0) is 11.5. The quantitative estimate of drug-likeness (QED) is 0.614. The van der Waals surface area contributed by atoms with Gasteiger partial charge < -0.3 is 4.42 Å². The predicted molar refractivity (Wildman–Crippen MR) is 69.6 cm³/mol. The third-order valence-electron chi connectivity index (χ3n) is 2.83. The van der Waals surface area contributed by atoms with Crippen LogP contribution in [0, 0.1) is 0 Å². The Morgan fingerprint density at radius 2 is 0.941 bits per heavy atom. The third-order valence-corrected chi connectivity index (χ3v) is 2.83. The minimum absolute atomic E-state index is 1.14. The second-order valence-corrected chi connectivity index (χ2v) is 3.93. The number of rotatable bonds is 2. The summed E-state index contributed by atoms with van der Waals surface area (Å²) < 4.78 is 5.35. The molecule has 0 aliphatic rings. The fourth-order valence-electron chi connectivity index (χ4n) is 1.98. The molecule has 0 aliphatic heterocycles. The van der Waals surface area contributed by atoms with Crippen molar-refractivity contribution in [2.24, 2.45) is 0 Å². The van der Waals surface area contributed by atoms with E-state index in [0.717, 1.165) is 11.1 Å². The highest BCUT2D eigenvalue weighted by atomic mass is 16.3. The molecule has 0 spiro atoms. The molecule has 17 heavy (non-hydrogen) atoms. The van der Waals surface area contributed by atoms with Crippen molar-refractivity contribution in [1.82, 2.24) is 0 Å². The van der Waals surface area contributed by atoms with Gasteiger partial charge >= 0.3 is 0 Å². The van der Waals surface area contributed by atoms with Crippen molar-refractivity contribution in [3.05, 3.63) is 73.2 Å². The second-order valence-electron chi connectivity index (χ2n) is 3.93. The van der Waals surface area contributed by atoms with Gasteiger partial charge in [0.2, 0.25) is 0 Å². The van der Waals surface area contributed by atoms with Crippen LogP contribution in [-0.4, -0.2) is 0 Å². The van der Waals surface area contributed by atoms with Crippen LogP contribution in [-0.2, 0) is 0 Å². The van der Waals surface area contributed by atoms with Crippen LogP contribution in [0.2, 0.25) is 0 Å². The molecule has 0 saturated heterocycles. The summed E-state index contributed by atoms with van der Waals surface area (Å²) in [6, 6.07) is 20.6. The fourth-order valence-corrected chi connectivity index (χ4v) is 1.98. The topological polar surface area (TPSA) is 13.1 Å². The summed E-state index contributed by atoms with van der Waals surface area (Å²) in [6.07, 6.45) is 3.61. The largest absolute Gasteiger partial charge is 0.471 e. The number of furan rings is 1. The maximum atomic E-state index is 5.35. The third kappa shape index (κ3) is 1.87. The molecule has 0 N–H and O–H groups in total. The van der Waals surface area contributed by atoms with Gasteiger partial charge in [0, 0.05) is 11.1 Å². The van der Waals surface area contributed by atoms with E-state index >= 15 is 0 Å². The molecule has 0 fully saturated rings. The molecule has 3 rings (SSSR count). The fraction of sp³-hybridized carbons (Fsp3) is 0. The van der Waals surface area contributed by atoms with Crippen LogP contribution in [0.1, 0.15) is 0 Å². The molecule has 0 unspecified atom stereocenters. The molecule has 3 aromatic rings. The molecule has 2 aromatic carbocycles. The lowest BCUT2D eigenvalue weighted by molar-refractivity contribution is 0.569. The van der Waals surface area contributed by atoms with E-state index in [9.17, 15) is 0 Å². The highest BCUT2D eigenvalue weighted by Crippen LogP contribution is 2.32. The molecule has 0 radical (unpaired) electrons. The van der Waals surface area contributed by atoms with Crippen LogP contribution in [0.4, 0.5) is 0 Å². The van der Waals surface area contributed by atoms with Crippen molar-refractivity contribution in [3.8, 4) is 22.3 Å². The molecule has 82 valence electrons. The molecular formula is C16H12O. The average molecular weight is 220 g/mol. The van der Waals surface area contributed by atoms with E-state index in [1.54, 1.807) is 12.5 Å². The molecule has 1 heteroatoms. The van der Waals surface area contributed by atoms with Gasteiger partial charge in [-0.25, -0.2) is 0 Å². The summed E-state index contributed by atoms with van der Waals surface area (Å²) in [5.41, 5.74) is 4.63. The van der Waals surface area contributed by atoms with E-state index in [2.05, 4.69) is 24.3 Å². The number of hydrogen-bond acceptors (Lipinski definition) is 1. The Morgan fingerprint density at radius 1 is 0.529 bits per heavy atom. The lowest BCUT2D eigenvalue weighted by Crippen LogP contribution is -1.78. The maximum absolute atomic E-state index is 5.35. The highest BCUT2D eigenvalue weighted by Gasteiger charge is 2.08. The lowest BCUT2D eigenvalue weighted by atomic mass is 9.99. The maximum Gasteiger partial charge on any atom is 0.0987 e. The molecule has 0 bridgehead atoms. The average Bonchev–Trinajstić information content (AvgIpc) is 2.90. The van der Waals surface area contributed by atoms with Crippen LogP contribution < -0.4 is 0 Å². The van der Waals surface area contributed by atoms with Crippen LogP contribution in [0.15, 0.2) is 77.6 Å². The van der Waals surface area contributed by atoms with E-state index in [0.29, 0.717) is 0 Å². The minimum atomic E-state index is 1.14. The van der Waals surface area contributed by atoms with E-state index in [1.165, 1.54) is 11.1 Å². The SMILES string of the molecule is c1ccc(-c2cocc2-c2ccccc2)cc1. The Kier molecular flexibility index (Phi) is 2.51. The summed E-state index contributed by atoms with van der Waals surface area (Å²) in [5, 5.41) is 0. The molecular weight excluding hydrogens is 208 g/mol. The Balaban J connectivity index is 2.13. The van der Waals surface area contributed by atoms with Gasteiger partial charge in [-0.15, -0.1) is 0 Å². The Morgan fingerprint density at radius 3 is 1.35 bits per heavy atom. The van der Waals surface area contributed by atoms with E-state index < -0.39 is 0 Å². The highest BCUT2D eigenvalue weighted by molar-refractivity contribution is 5.82. The van der Waals surface area contributed by atoms with E-state index in [4.69, 9.17) is 4.42 Å². The summed E-state index contributed by atoms with van der Waals surface area (Å²) in [5.74, 6) is 0. The monoisotopic (exact) mass is 220 g/mol. The summed E-state index contributed by atoms with van der Waals surface area (Å²) in [4.78, 5) is 0. The standard InChI is InChI=1S/C16H12O/c1-3-7-13(8-4-1)15-11-17-12-16(15)14-9-5-2-6-10-14/h1-12H. The van der Waals surface area contributed by atoms with Gasteiger partial charge in [0.15, 0.2) is 0 Å². The second kappa shape index (κ2) is 4.30. The van der Waals surface area contributed by atoms with Gasteiger partial charge in [-0.05, 0) is 11.1 Å². The van der Waals surface area contributed by atoms with Crippen LogP contribution in [0.25, 0.3) is 22.3 Å². The molecule has 1 heterocycles.